The van der Waals surface area contributed by atoms with Crippen LogP contribution in [0.25, 0.3) is 0 Å². The number of nitro groups is 1. The minimum absolute atomic E-state index is 0.0500. The first kappa shape index (κ1) is 19.8. The molecule has 1 fully saturated rings. The normalized spacial score (nSPS) is 14.7. The van der Waals surface area contributed by atoms with E-state index >= 15 is 0 Å². The average Bonchev–Trinajstić information content (AvgIpc) is 2.73. The number of anilines is 2. The molecule has 0 unspecified atom stereocenters. The Morgan fingerprint density at radius 3 is 2.50 bits per heavy atom. The van der Waals surface area contributed by atoms with Crippen LogP contribution in [0.15, 0.2) is 48.5 Å². The average molecular weight is 384 g/mol. The summed E-state index contributed by atoms with van der Waals surface area (Å²) >= 11 is 0. The summed E-state index contributed by atoms with van der Waals surface area (Å²) in [6.45, 7) is 4.55. The first-order valence-corrected chi connectivity index (χ1v) is 9.19. The minimum atomic E-state index is -0.425. The van der Waals surface area contributed by atoms with Crippen molar-refractivity contribution in [3.63, 3.8) is 0 Å². The van der Waals surface area contributed by atoms with Crippen LogP contribution in [0, 0.1) is 10.1 Å². The SMILES string of the molecule is COCCN1CCN(c2ccc(C(=O)Nc3ccccc3)cc2[N+](=O)[O-])CC1. The molecule has 1 heterocycles. The number of ether oxygens (including phenoxy) is 1. The van der Waals surface area contributed by atoms with Gasteiger partial charge in [0.15, 0.2) is 0 Å². The summed E-state index contributed by atoms with van der Waals surface area (Å²) in [5.41, 5.74) is 1.41. The lowest BCUT2D eigenvalue weighted by Gasteiger charge is -2.35. The summed E-state index contributed by atoms with van der Waals surface area (Å²) in [6, 6.07) is 13.7. The number of benzene rings is 2. The van der Waals surface area contributed by atoms with Gasteiger partial charge in [-0.2, -0.15) is 0 Å². The van der Waals surface area contributed by atoms with Crippen LogP contribution in [0.2, 0.25) is 0 Å². The van der Waals surface area contributed by atoms with Gasteiger partial charge < -0.3 is 15.0 Å². The van der Waals surface area contributed by atoms with Crippen LogP contribution in [-0.2, 0) is 4.74 Å². The molecule has 0 bridgehead atoms. The van der Waals surface area contributed by atoms with Gasteiger partial charge in [-0.1, -0.05) is 18.2 Å². The number of carbonyl (C=O) groups excluding carboxylic acids is 1. The molecule has 8 heteroatoms. The Balaban J connectivity index is 1.73. The highest BCUT2D eigenvalue weighted by Gasteiger charge is 2.25. The molecular weight excluding hydrogens is 360 g/mol. The third-order valence-corrected chi connectivity index (χ3v) is 4.79. The number of piperazine rings is 1. The van der Waals surface area contributed by atoms with Crippen molar-refractivity contribution in [2.45, 2.75) is 0 Å². The van der Waals surface area contributed by atoms with Crippen LogP contribution in [0.3, 0.4) is 0 Å². The second kappa shape index (κ2) is 9.29. The molecular formula is C20H24N4O4. The van der Waals surface area contributed by atoms with Gasteiger partial charge in [0.2, 0.25) is 0 Å². The van der Waals surface area contributed by atoms with Crippen molar-refractivity contribution in [3.05, 3.63) is 64.2 Å². The Labute approximate surface area is 163 Å². The van der Waals surface area contributed by atoms with Crippen molar-refractivity contribution in [1.29, 1.82) is 0 Å². The van der Waals surface area contributed by atoms with Gasteiger partial charge >= 0.3 is 0 Å². The smallest absolute Gasteiger partial charge is 0.293 e. The standard InChI is InChI=1S/C20H24N4O4/c1-28-14-13-22-9-11-23(12-10-22)18-8-7-16(15-19(18)24(26)27)20(25)21-17-5-3-2-4-6-17/h2-8,15H,9-14H2,1H3,(H,21,25). The molecule has 8 nitrogen and oxygen atoms in total. The molecule has 0 atom stereocenters. The number of nitrogens with one attached hydrogen (secondary N) is 1. The molecule has 0 aromatic heterocycles. The quantitative estimate of drug-likeness (QED) is 0.583. The highest BCUT2D eigenvalue weighted by atomic mass is 16.6. The summed E-state index contributed by atoms with van der Waals surface area (Å²) < 4.78 is 5.10. The number of hydrogen-bond acceptors (Lipinski definition) is 6. The second-order valence-electron chi connectivity index (χ2n) is 6.60. The van der Waals surface area contributed by atoms with Crippen molar-refractivity contribution >= 4 is 23.0 Å². The summed E-state index contributed by atoms with van der Waals surface area (Å²) in [5, 5.41) is 14.4. The first-order valence-electron chi connectivity index (χ1n) is 9.19. The molecule has 1 amide bonds. The molecule has 28 heavy (non-hydrogen) atoms. The zero-order valence-electron chi connectivity index (χ0n) is 15.8. The van der Waals surface area contributed by atoms with Gasteiger partial charge in [0.25, 0.3) is 11.6 Å². The van der Waals surface area contributed by atoms with E-state index in [1.165, 1.54) is 6.07 Å². The molecule has 0 aliphatic carbocycles. The van der Waals surface area contributed by atoms with E-state index < -0.39 is 4.92 Å². The maximum Gasteiger partial charge on any atom is 0.293 e. The molecule has 1 aliphatic heterocycles. The van der Waals surface area contributed by atoms with Crippen molar-refractivity contribution in [2.75, 3.05) is 56.7 Å². The Morgan fingerprint density at radius 2 is 1.86 bits per heavy atom. The van der Waals surface area contributed by atoms with Crippen molar-refractivity contribution < 1.29 is 14.5 Å². The molecule has 1 N–H and O–H groups in total. The number of nitrogens with zero attached hydrogens (tertiary/aromatic N) is 3. The van der Waals surface area contributed by atoms with E-state index in [0.717, 1.165) is 19.6 Å². The highest BCUT2D eigenvalue weighted by Crippen LogP contribution is 2.30. The monoisotopic (exact) mass is 384 g/mol. The molecule has 0 radical (unpaired) electrons. The summed E-state index contributed by atoms with van der Waals surface area (Å²) in [4.78, 5) is 27.9. The Morgan fingerprint density at radius 1 is 1.14 bits per heavy atom. The van der Waals surface area contributed by atoms with Crippen molar-refractivity contribution in [3.8, 4) is 0 Å². The number of nitro benzene ring substituents is 1. The van der Waals surface area contributed by atoms with E-state index in [2.05, 4.69) is 10.2 Å². The molecule has 2 aromatic rings. The van der Waals surface area contributed by atoms with Gasteiger partial charge in [0, 0.05) is 57.2 Å². The van der Waals surface area contributed by atoms with Crippen molar-refractivity contribution in [2.24, 2.45) is 0 Å². The predicted octanol–water partition coefficient (Wildman–Crippen LogP) is 2.62. The molecule has 0 spiro atoms. The van der Waals surface area contributed by atoms with Gasteiger partial charge in [0.05, 0.1) is 11.5 Å². The third-order valence-electron chi connectivity index (χ3n) is 4.79. The fourth-order valence-corrected chi connectivity index (χ4v) is 3.24. The Bertz CT molecular complexity index is 820. The van der Waals surface area contributed by atoms with Crippen LogP contribution in [-0.4, -0.2) is 62.2 Å². The number of amides is 1. The van der Waals surface area contributed by atoms with Crippen LogP contribution in [0.1, 0.15) is 10.4 Å². The van der Waals surface area contributed by atoms with Gasteiger partial charge in [-0.05, 0) is 24.3 Å². The van der Waals surface area contributed by atoms with E-state index in [0.29, 0.717) is 31.1 Å². The zero-order valence-corrected chi connectivity index (χ0v) is 15.8. The fraction of sp³-hybridized carbons (Fsp3) is 0.350. The summed E-state index contributed by atoms with van der Waals surface area (Å²) in [6.07, 6.45) is 0. The number of carbonyl (C=O) groups is 1. The fourth-order valence-electron chi connectivity index (χ4n) is 3.24. The summed E-state index contributed by atoms with van der Waals surface area (Å²) in [5.74, 6) is -0.370. The van der Waals surface area contributed by atoms with Crippen molar-refractivity contribution in [1.82, 2.24) is 4.90 Å². The molecule has 2 aromatic carbocycles. The Kier molecular flexibility index (Phi) is 6.57. The Hall–Kier alpha value is -2.97. The second-order valence-corrected chi connectivity index (χ2v) is 6.60. The molecule has 3 rings (SSSR count). The lowest BCUT2D eigenvalue weighted by molar-refractivity contribution is -0.384. The van der Waals surface area contributed by atoms with Crippen LogP contribution in [0.5, 0.6) is 0 Å². The lowest BCUT2D eigenvalue weighted by atomic mass is 10.1. The van der Waals surface area contributed by atoms with E-state index in [4.69, 9.17) is 4.74 Å². The summed E-state index contributed by atoms with van der Waals surface area (Å²) in [7, 11) is 1.68. The van der Waals surface area contributed by atoms with Crippen LogP contribution in [0.4, 0.5) is 17.1 Å². The van der Waals surface area contributed by atoms with Gasteiger partial charge in [0.1, 0.15) is 5.69 Å². The molecule has 148 valence electrons. The van der Waals surface area contributed by atoms with Gasteiger partial charge in [-0.15, -0.1) is 0 Å². The number of rotatable bonds is 7. The topological polar surface area (TPSA) is 88.0 Å². The largest absolute Gasteiger partial charge is 0.383 e. The van der Waals surface area contributed by atoms with E-state index in [9.17, 15) is 14.9 Å². The number of hydrogen-bond donors (Lipinski definition) is 1. The van der Waals surface area contributed by atoms with Gasteiger partial charge in [-0.25, -0.2) is 0 Å². The van der Waals surface area contributed by atoms with E-state index in [-0.39, 0.29) is 17.2 Å². The number of para-hydroxylation sites is 1. The van der Waals surface area contributed by atoms with E-state index in [1.807, 2.05) is 23.1 Å². The third kappa shape index (κ3) is 4.85. The molecule has 0 saturated carbocycles. The van der Waals surface area contributed by atoms with Gasteiger partial charge in [-0.3, -0.25) is 19.8 Å². The highest BCUT2D eigenvalue weighted by molar-refractivity contribution is 6.05. The molecule has 1 aliphatic rings. The first-order chi connectivity index (χ1) is 13.6. The minimum Gasteiger partial charge on any atom is -0.383 e. The lowest BCUT2D eigenvalue weighted by Crippen LogP contribution is -2.47. The predicted molar refractivity (Wildman–Crippen MR) is 108 cm³/mol. The zero-order chi connectivity index (χ0) is 19.9. The van der Waals surface area contributed by atoms with E-state index in [1.54, 1.807) is 31.4 Å². The number of methoxy groups -OCH3 is 1. The maximum atomic E-state index is 12.5. The van der Waals surface area contributed by atoms with Crippen LogP contribution >= 0.6 is 0 Å². The molecule has 1 saturated heterocycles. The van der Waals surface area contributed by atoms with Crippen LogP contribution < -0.4 is 10.2 Å². The maximum absolute atomic E-state index is 12.5.